The average Bonchev–Trinajstić information content (AvgIpc) is 3.36. The number of ether oxygens (including phenoxy) is 3. The molecule has 0 spiro atoms. The van der Waals surface area contributed by atoms with E-state index < -0.39 is 11.8 Å². The van der Waals surface area contributed by atoms with Crippen LogP contribution in [0.25, 0.3) is 0 Å². The fourth-order valence-corrected chi connectivity index (χ4v) is 4.41. The van der Waals surface area contributed by atoms with E-state index in [1.54, 1.807) is 18.3 Å². The van der Waals surface area contributed by atoms with E-state index in [0.717, 1.165) is 25.2 Å². The lowest BCUT2D eigenvalue weighted by molar-refractivity contribution is -0.141. The van der Waals surface area contributed by atoms with E-state index in [9.17, 15) is 9.90 Å². The molecular weight excluding hydrogens is 414 g/mol. The Morgan fingerprint density at radius 3 is 3.03 bits per heavy atom. The third-order valence-electron chi connectivity index (χ3n) is 5.96. The second-order valence-electron chi connectivity index (χ2n) is 8.68. The van der Waals surface area contributed by atoms with Gasteiger partial charge in [-0.1, -0.05) is 0 Å². The molecule has 0 saturated carbocycles. The lowest BCUT2D eigenvalue weighted by Crippen LogP contribution is -2.45. The standard InChI is InChI=1S/C22H27N5O5/c1-22(2)31-12-16(32-22)11-30-15-5-7-23-19(9-15)24-13-27-14-6-8-26(10-14)18-4-3-17(21(28)29)25-20(18)27/h3-5,7,9,14,16H,6,8,10-13H2,1-2H3,(H,23,24)(H,28,29)/t14-,16-/m0/s1. The van der Waals surface area contributed by atoms with Gasteiger partial charge >= 0.3 is 5.97 Å². The number of carboxylic acids is 1. The number of rotatable bonds is 7. The molecule has 2 bridgehead atoms. The molecule has 5 rings (SSSR count). The summed E-state index contributed by atoms with van der Waals surface area (Å²) in [5.74, 6) is 0.448. The zero-order chi connectivity index (χ0) is 22.3. The monoisotopic (exact) mass is 441 g/mol. The molecule has 0 amide bonds. The van der Waals surface area contributed by atoms with Gasteiger partial charge in [-0.05, 0) is 38.5 Å². The van der Waals surface area contributed by atoms with Crippen LogP contribution in [0.5, 0.6) is 5.75 Å². The topological polar surface area (TPSA) is 109 Å². The summed E-state index contributed by atoms with van der Waals surface area (Å²) >= 11 is 0. The Morgan fingerprint density at radius 2 is 2.25 bits per heavy atom. The Balaban J connectivity index is 1.26. The number of aromatic nitrogens is 2. The summed E-state index contributed by atoms with van der Waals surface area (Å²) in [4.78, 5) is 24.6. The molecule has 0 aliphatic carbocycles. The predicted molar refractivity (Wildman–Crippen MR) is 117 cm³/mol. The molecule has 2 saturated heterocycles. The first kappa shape index (κ1) is 20.8. The lowest BCUT2D eigenvalue weighted by Gasteiger charge is -2.37. The normalized spacial score (nSPS) is 23.2. The van der Waals surface area contributed by atoms with Gasteiger partial charge in [-0.2, -0.15) is 0 Å². The molecule has 32 heavy (non-hydrogen) atoms. The van der Waals surface area contributed by atoms with Gasteiger partial charge < -0.3 is 34.4 Å². The summed E-state index contributed by atoms with van der Waals surface area (Å²) in [6.45, 7) is 6.97. The highest BCUT2D eigenvalue weighted by atomic mass is 16.7. The third kappa shape index (κ3) is 4.15. The van der Waals surface area contributed by atoms with Crippen molar-refractivity contribution in [2.24, 2.45) is 0 Å². The van der Waals surface area contributed by atoms with Gasteiger partial charge in [0, 0.05) is 25.4 Å². The van der Waals surface area contributed by atoms with Crippen LogP contribution in [0.15, 0.2) is 30.5 Å². The molecule has 2 aromatic heterocycles. The van der Waals surface area contributed by atoms with Crippen molar-refractivity contribution in [1.82, 2.24) is 9.97 Å². The Labute approximate surface area is 186 Å². The zero-order valence-electron chi connectivity index (χ0n) is 18.2. The molecule has 3 aliphatic heterocycles. The highest BCUT2D eigenvalue weighted by molar-refractivity contribution is 5.87. The predicted octanol–water partition coefficient (Wildman–Crippen LogP) is 2.17. The molecule has 2 aromatic rings. The maximum atomic E-state index is 11.4. The molecule has 2 fully saturated rings. The van der Waals surface area contributed by atoms with E-state index in [1.165, 1.54) is 0 Å². The number of hydrogen-bond acceptors (Lipinski definition) is 9. The van der Waals surface area contributed by atoms with Crippen molar-refractivity contribution in [1.29, 1.82) is 0 Å². The number of fused-ring (bicyclic) bond motifs is 4. The molecule has 2 N–H and O–H groups in total. The lowest BCUT2D eigenvalue weighted by atomic mass is 10.2. The fraction of sp³-hybridized carbons (Fsp3) is 0.500. The van der Waals surface area contributed by atoms with Gasteiger partial charge in [0.25, 0.3) is 0 Å². The van der Waals surface area contributed by atoms with Crippen LogP contribution in [0.3, 0.4) is 0 Å². The molecule has 0 aromatic carbocycles. The van der Waals surface area contributed by atoms with Gasteiger partial charge in [-0.15, -0.1) is 0 Å². The molecule has 10 nitrogen and oxygen atoms in total. The van der Waals surface area contributed by atoms with Crippen LogP contribution < -0.4 is 19.9 Å². The second-order valence-corrected chi connectivity index (χ2v) is 8.68. The molecule has 2 atom stereocenters. The molecule has 5 heterocycles. The first-order chi connectivity index (χ1) is 15.4. The van der Waals surface area contributed by atoms with Crippen LogP contribution in [-0.2, 0) is 9.47 Å². The minimum absolute atomic E-state index is 0.0473. The average molecular weight is 441 g/mol. The Morgan fingerprint density at radius 1 is 1.38 bits per heavy atom. The fourth-order valence-electron chi connectivity index (χ4n) is 4.41. The Hall–Kier alpha value is -3.11. The SMILES string of the molecule is CC1(C)OC[C@H](COc2ccnc(NCN3c4nc(C(=O)O)ccc4N4CC[C@H]3C4)c2)O1. The maximum Gasteiger partial charge on any atom is 0.354 e. The minimum Gasteiger partial charge on any atom is -0.491 e. The molecule has 0 unspecified atom stereocenters. The summed E-state index contributed by atoms with van der Waals surface area (Å²) < 4.78 is 17.2. The number of hydrogen-bond donors (Lipinski definition) is 2. The maximum absolute atomic E-state index is 11.4. The van der Waals surface area contributed by atoms with Crippen LogP contribution >= 0.6 is 0 Å². The van der Waals surface area contributed by atoms with E-state index in [-0.39, 0.29) is 17.8 Å². The number of pyridine rings is 2. The van der Waals surface area contributed by atoms with Crippen molar-refractivity contribution in [2.45, 2.75) is 38.2 Å². The molecule has 170 valence electrons. The van der Waals surface area contributed by atoms with Crippen molar-refractivity contribution in [3.05, 3.63) is 36.2 Å². The van der Waals surface area contributed by atoms with E-state index in [1.807, 2.05) is 26.0 Å². The van der Waals surface area contributed by atoms with E-state index in [0.29, 0.717) is 37.3 Å². The number of carbonyl (C=O) groups is 1. The number of nitrogens with one attached hydrogen (secondary N) is 1. The van der Waals surface area contributed by atoms with Gasteiger partial charge in [0.1, 0.15) is 24.3 Å². The van der Waals surface area contributed by atoms with Crippen molar-refractivity contribution in [2.75, 3.05) is 48.1 Å². The van der Waals surface area contributed by atoms with Crippen LogP contribution in [0.2, 0.25) is 0 Å². The second kappa shape index (κ2) is 8.10. The highest BCUT2D eigenvalue weighted by Crippen LogP contribution is 2.38. The van der Waals surface area contributed by atoms with Gasteiger partial charge in [0.2, 0.25) is 0 Å². The zero-order valence-corrected chi connectivity index (χ0v) is 18.2. The van der Waals surface area contributed by atoms with Gasteiger partial charge in [0.15, 0.2) is 17.3 Å². The first-order valence-electron chi connectivity index (χ1n) is 10.8. The Kier molecular flexibility index (Phi) is 5.26. The first-order valence-corrected chi connectivity index (χ1v) is 10.8. The van der Waals surface area contributed by atoms with E-state index >= 15 is 0 Å². The van der Waals surface area contributed by atoms with Crippen molar-refractivity contribution in [3.63, 3.8) is 0 Å². The van der Waals surface area contributed by atoms with Gasteiger partial charge in [-0.25, -0.2) is 14.8 Å². The molecular formula is C22H27N5O5. The summed E-state index contributed by atoms with van der Waals surface area (Å²) in [6.07, 6.45) is 2.58. The molecule has 0 radical (unpaired) electrons. The molecule has 3 aliphatic rings. The largest absolute Gasteiger partial charge is 0.491 e. The quantitative estimate of drug-likeness (QED) is 0.663. The summed E-state index contributed by atoms with van der Waals surface area (Å²) in [5, 5.41) is 12.7. The van der Waals surface area contributed by atoms with Crippen LogP contribution in [0.1, 0.15) is 30.8 Å². The van der Waals surface area contributed by atoms with Crippen molar-refractivity contribution < 1.29 is 24.1 Å². The number of nitrogens with zero attached hydrogens (tertiary/aromatic N) is 4. The van der Waals surface area contributed by atoms with E-state index in [4.69, 9.17) is 14.2 Å². The highest BCUT2D eigenvalue weighted by Gasteiger charge is 2.37. The summed E-state index contributed by atoms with van der Waals surface area (Å²) in [6, 6.07) is 7.33. The smallest absolute Gasteiger partial charge is 0.354 e. The van der Waals surface area contributed by atoms with Crippen molar-refractivity contribution in [3.8, 4) is 5.75 Å². The third-order valence-corrected chi connectivity index (χ3v) is 5.96. The summed E-state index contributed by atoms with van der Waals surface area (Å²) in [5.41, 5.74) is 1.02. The number of carboxylic acid groups (broad SMARTS) is 1. The summed E-state index contributed by atoms with van der Waals surface area (Å²) in [7, 11) is 0. The Bertz CT molecular complexity index is 1020. The molecule has 10 heteroatoms. The minimum atomic E-state index is -1.03. The van der Waals surface area contributed by atoms with Crippen LogP contribution in [-0.4, -0.2) is 71.9 Å². The van der Waals surface area contributed by atoms with Crippen LogP contribution in [0.4, 0.5) is 17.3 Å². The number of anilines is 3. The van der Waals surface area contributed by atoms with Gasteiger partial charge in [0.05, 0.1) is 25.0 Å². The van der Waals surface area contributed by atoms with Gasteiger partial charge in [-0.3, -0.25) is 0 Å². The van der Waals surface area contributed by atoms with Crippen molar-refractivity contribution >= 4 is 23.3 Å². The van der Waals surface area contributed by atoms with Crippen LogP contribution in [0, 0.1) is 0 Å². The van der Waals surface area contributed by atoms with E-state index in [2.05, 4.69) is 25.1 Å². The number of aromatic carboxylic acids is 1.